The van der Waals surface area contributed by atoms with Gasteiger partial charge in [0.15, 0.2) is 0 Å². The number of rotatable bonds is 4. The van der Waals surface area contributed by atoms with E-state index in [-0.39, 0.29) is 17.9 Å². The van der Waals surface area contributed by atoms with Crippen LogP contribution in [0.5, 0.6) is 0 Å². The molecule has 1 aromatic heterocycles. The highest BCUT2D eigenvalue weighted by atomic mass is 16.3. The normalized spacial score (nSPS) is 20.4. The molecular formula is C20H20N2O4. The number of nitrogens with zero attached hydrogens (tertiary/aromatic N) is 2. The molecule has 134 valence electrons. The van der Waals surface area contributed by atoms with Gasteiger partial charge < -0.3 is 15.1 Å². The number of hydrogen-bond donors (Lipinski definition) is 2. The number of aromatic nitrogens is 1. The molecule has 0 bridgehead atoms. The predicted molar refractivity (Wildman–Crippen MR) is 96.1 cm³/mol. The minimum Gasteiger partial charge on any atom is -0.507 e. The van der Waals surface area contributed by atoms with Crippen LogP contribution in [0.3, 0.4) is 0 Å². The zero-order valence-electron chi connectivity index (χ0n) is 14.6. The van der Waals surface area contributed by atoms with E-state index in [1.165, 1.54) is 11.8 Å². The standard InChI is InChI=1S/C20H20N2O4/c1-12-6-8-14(9-7-12)18(24)16-17(15-5-3-4-10-21-15)22(11-13(2)23)20(26)19(16)25/h3-10,13,17,23-24H,11H2,1-2H3/b18-16-. The highest BCUT2D eigenvalue weighted by Gasteiger charge is 2.46. The molecule has 1 aliphatic heterocycles. The number of β-amino-alcohol motifs (C(OH)–C–C–N with tert-alkyl or cyclic N) is 1. The van der Waals surface area contributed by atoms with Crippen molar-refractivity contribution in [2.75, 3.05) is 6.54 Å². The van der Waals surface area contributed by atoms with Crippen LogP contribution in [0.25, 0.3) is 5.76 Å². The summed E-state index contributed by atoms with van der Waals surface area (Å²) in [6.07, 6.45) is 0.739. The summed E-state index contributed by atoms with van der Waals surface area (Å²) in [5, 5.41) is 20.5. The van der Waals surface area contributed by atoms with Crippen molar-refractivity contribution in [1.82, 2.24) is 9.88 Å². The molecule has 1 amide bonds. The number of aliphatic hydroxyl groups is 2. The molecule has 0 spiro atoms. The third-order valence-electron chi connectivity index (χ3n) is 4.29. The second-order valence-electron chi connectivity index (χ2n) is 6.42. The summed E-state index contributed by atoms with van der Waals surface area (Å²) in [4.78, 5) is 30.7. The Labute approximate surface area is 151 Å². The molecule has 6 nitrogen and oxygen atoms in total. The van der Waals surface area contributed by atoms with Crippen molar-refractivity contribution in [3.05, 3.63) is 71.1 Å². The quantitative estimate of drug-likeness (QED) is 0.500. The van der Waals surface area contributed by atoms with Gasteiger partial charge in [0.05, 0.1) is 17.4 Å². The highest BCUT2D eigenvalue weighted by molar-refractivity contribution is 6.46. The predicted octanol–water partition coefficient (Wildman–Crippen LogP) is 2.19. The van der Waals surface area contributed by atoms with E-state index in [1.807, 2.05) is 19.1 Å². The van der Waals surface area contributed by atoms with Crippen LogP contribution in [-0.4, -0.2) is 44.4 Å². The van der Waals surface area contributed by atoms with Crippen LogP contribution >= 0.6 is 0 Å². The van der Waals surface area contributed by atoms with Crippen molar-refractivity contribution in [3.63, 3.8) is 0 Å². The van der Waals surface area contributed by atoms with E-state index in [0.29, 0.717) is 11.3 Å². The Kier molecular flexibility index (Phi) is 4.86. The van der Waals surface area contributed by atoms with Gasteiger partial charge in [-0.05, 0) is 26.0 Å². The van der Waals surface area contributed by atoms with Crippen molar-refractivity contribution >= 4 is 17.4 Å². The molecule has 1 aliphatic rings. The number of amides is 1. The van der Waals surface area contributed by atoms with Crippen LogP contribution in [0, 0.1) is 6.92 Å². The lowest BCUT2D eigenvalue weighted by Crippen LogP contribution is -2.35. The molecule has 3 rings (SSSR count). The zero-order valence-corrected chi connectivity index (χ0v) is 14.6. The van der Waals surface area contributed by atoms with Crippen molar-refractivity contribution in [3.8, 4) is 0 Å². The smallest absolute Gasteiger partial charge is 0.295 e. The lowest BCUT2D eigenvalue weighted by molar-refractivity contribution is -0.140. The van der Waals surface area contributed by atoms with Crippen LogP contribution in [0.15, 0.2) is 54.2 Å². The molecule has 2 aromatic rings. The summed E-state index contributed by atoms with van der Waals surface area (Å²) in [5.74, 6) is -1.78. The van der Waals surface area contributed by atoms with E-state index in [4.69, 9.17) is 0 Å². The summed E-state index contributed by atoms with van der Waals surface area (Å²) in [7, 11) is 0. The number of likely N-dealkylation sites (tertiary alicyclic amines) is 1. The monoisotopic (exact) mass is 352 g/mol. The third-order valence-corrected chi connectivity index (χ3v) is 4.29. The van der Waals surface area contributed by atoms with E-state index < -0.39 is 23.8 Å². The molecule has 2 unspecified atom stereocenters. The van der Waals surface area contributed by atoms with E-state index in [1.54, 1.807) is 36.5 Å². The van der Waals surface area contributed by atoms with Gasteiger partial charge in [-0.1, -0.05) is 35.9 Å². The first kappa shape index (κ1) is 17.8. The van der Waals surface area contributed by atoms with E-state index >= 15 is 0 Å². The number of hydrogen-bond acceptors (Lipinski definition) is 5. The van der Waals surface area contributed by atoms with Crippen LogP contribution in [-0.2, 0) is 9.59 Å². The molecule has 1 saturated heterocycles. The maximum Gasteiger partial charge on any atom is 0.295 e. The number of carbonyl (C=O) groups excluding carboxylic acids is 2. The molecule has 1 aromatic carbocycles. The van der Waals surface area contributed by atoms with Crippen LogP contribution < -0.4 is 0 Å². The molecule has 0 radical (unpaired) electrons. The van der Waals surface area contributed by atoms with Crippen molar-refractivity contribution in [2.45, 2.75) is 26.0 Å². The molecular weight excluding hydrogens is 332 g/mol. The van der Waals surface area contributed by atoms with Gasteiger partial charge >= 0.3 is 0 Å². The topological polar surface area (TPSA) is 90.7 Å². The molecule has 2 atom stereocenters. The molecule has 26 heavy (non-hydrogen) atoms. The summed E-state index contributed by atoms with van der Waals surface area (Å²) in [6, 6.07) is 11.3. The number of benzene rings is 1. The lowest BCUT2D eigenvalue weighted by Gasteiger charge is -2.25. The Morgan fingerprint density at radius 1 is 1.19 bits per heavy atom. The van der Waals surface area contributed by atoms with Crippen molar-refractivity contribution in [1.29, 1.82) is 0 Å². The second-order valence-corrected chi connectivity index (χ2v) is 6.42. The summed E-state index contributed by atoms with van der Waals surface area (Å²) in [6.45, 7) is 3.42. The molecule has 6 heteroatoms. The largest absolute Gasteiger partial charge is 0.507 e. The Hall–Kier alpha value is -2.99. The van der Waals surface area contributed by atoms with Gasteiger partial charge in [0.25, 0.3) is 11.7 Å². The summed E-state index contributed by atoms with van der Waals surface area (Å²) < 4.78 is 0. The number of aryl methyl sites for hydroxylation is 1. The zero-order chi connectivity index (χ0) is 18.8. The fourth-order valence-electron chi connectivity index (χ4n) is 3.07. The number of aliphatic hydroxyl groups excluding tert-OH is 2. The molecule has 2 heterocycles. The first-order chi connectivity index (χ1) is 12.4. The average Bonchev–Trinajstić information content (AvgIpc) is 2.87. The maximum absolute atomic E-state index is 12.6. The maximum atomic E-state index is 12.6. The number of Topliss-reactive ketones (excluding diaryl/α,β-unsaturated/α-hetero) is 1. The molecule has 2 N–H and O–H groups in total. The Bertz CT molecular complexity index is 857. The minimum atomic E-state index is -0.841. The minimum absolute atomic E-state index is 0.0156. The molecule has 0 saturated carbocycles. The Morgan fingerprint density at radius 3 is 2.46 bits per heavy atom. The van der Waals surface area contributed by atoms with E-state index in [2.05, 4.69) is 4.98 Å². The molecule has 0 aliphatic carbocycles. The summed E-state index contributed by atoms with van der Waals surface area (Å²) in [5.41, 5.74) is 1.91. The van der Waals surface area contributed by atoms with Gasteiger partial charge in [-0.15, -0.1) is 0 Å². The fraction of sp³-hybridized carbons (Fsp3) is 0.250. The highest BCUT2D eigenvalue weighted by Crippen LogP contribution is 2.38. The van der Waals surface area contributed by atoms with E-state index in [9.17, 15) is 19.8 Å². The summed E-state index contributed by atoms with van der Waals surface area (Å²) >= 11 is 0. The SMILES string of the molecule is Cc1ccc(/C(O)=C2/C(=O)C(=O)N(CC(C)O)C2c2ccccn2)cc1. The third kappa shape index (κ3) is 3.23. The van der Waals surface area contributed by atoms with Crippen LogP contribution in [0.2, 0.25) is 0 Å². The van der Waals surface area contributed by atoms with Gasteiger partial charge in [-0.3, -0.25) is 14.6 Å². The van der Waals surface area contributed by atoms with Gasteiger partial charge in [0.2, 0.25) is 0 Å². The second kappa shape index (κ2) is 7.09. The first-order valence-corrected chi connectivity index (χ1v) is 8.34. The van der Waals surface area contributed by atoms with Crippen LogP contribution in [0.1, 0.15) is 29.8 Å². The first-order valence-electron chi connectivity index (χ1n) is 8.34. The van der Waals surface area contributed by atoms with Crippen molar-refractivity contribution in [2.24, 2.45) is 0 Å². The number of pyridine rings is 1. The van der Waals surface area contributed by atoms with Crippen molar-refractivity contribution < 1.29 is 19.8 Å². The Balaban J connectivity index is 2.17. The van der Waals surface area contributed by atoms with Gasteiger partial charge in [-0.2, -0.15) is 0 Å². The number of carbonyl (C=O) groups is 2. The van der Waals surface area contributed by atoms with Gasteiger partial charge in [-0.25, -0.2) is 0 Å². The fourth-order valence-corrected chi connectivity index (χ4v) is 3.07. The van der Waals surface area contributed by atoms with Gasteiger partial charge in [0.1, 0.15) is 11.8 Å². The van der Waals surface area contributed by atoms with Gasteiger partial charge in [0, 0.05) is 18.3 Å². The molecule has 1 fully saturated rings. The Morgan fingerprint density at radius 2 is 1.88 bits per heavy atom. The van der Waals surface area contributed by atoms with E-state index in [0.717, 1.165) is 5.56 Å². The number of ketones is 1. The average molecular weight is 352 g/mol. The lowest BCUT2D eigenvalue weighted by atomic mass is 9.98. The van der Waals surface area contributed by atoms with Crippen LogP contribution in [0.4, 0.5) is 0 Å².